The van der Waals surface area contributed by atoms with Crippen LogP contribution in [-0.4, -0.2) is 23.8 Å². The monoisotopic (exact) mass is 246 g/mol. The summed E-state index contributed by atoms with van der Waals surface area (Å²) in [7, 11) is 1.50. The predicted molar refractivity (Wildman–Crippen MR) is 70.6 cm³/mol. The van der Waals surface area contributed by atoms with Gasteiger partial charge in [0.1, 0.15) is 0 Å². The number of hydrogen-bond donors (Lipinski definition) is 1. The number of unbranched alkanes of at least 4 members (excludes halogenated alkanes) is 1. The van der Waals surface area contributed by atoms with Crippen LogP contribution in [0.5, 0.6) is 0 Å². The molecule has 4 nitrogen and oxygen atoms in total. The Hall–Kier alpha value is -1.84. The first-order chi connectivity index (χ1) is 8.49. The maximum atomic E-state index is 12.1. The third-order valence-corrected chi connectivity index (χ3v) is 3.49. The Morgan fingerprint density at radius 2 is 1.83 bits per heavy atom. The van der Waals surface area contributed by atoms with Crippen LogP contribution in [0.4, 0.5) is 5.69 Å². The number of rotatable bonds is 3. The maximum Gasteiger partial charge on any atom is 0.263 e. The fourth-order valence-corrected chi connectivity index (χ4v) is 2.36. The van der Waals surface area contributed by atoms with Crippen molar-refractivity contribution in [3.8, 4) is 0 Å². The second kappa shape index (κ2) is 4.44. The molecule has 1 aliphatic heterocycles. The maximum absolute atomic E-state index is 12.1. The van der Waals surface area contributed by atoms with Gasteiger partial charge in [-0.3, -0.25) is 14.5 Å². The van der Waals surface area contributed by atoms with Crippen molar-refractivity contribution < 1.29 is 9.59 Å². The Morgan fingerprint density at radius 3 is 2.44 bits per heavy atom. The molecule has 1 aromatic rings. The van der Waals surface area contributed by atoms with E-state index >= 15 is 0 Å². The second-order valence-electron chi connectivity index (χ2n) is 4.79. The first kappa shape index (κ1) is 12.6. The van der Waals surface area contributed by atoms with Crippen LogP contribution in [0.3, 0.4) is 0 Å². The van der Waals surface area contributed by atoms with Gasteiger partial charge in [0.25, 0.3) is 11.8 Å². The Labute approximate surface area is 107 Å². The number of nitrogens with two attached hydrogens (primary N) is 1. The van der Waals surface area contributed by atoms with E-state index in [0.717, 1.165) is 35.3 Å². The van der Waals surface area contributed by atoms with Gasteiger partial charge >= 0.3 is 0 Å². The van der Waals surface area contributed by atoms with E-state index in [9.17, 15) is 9.59 Å². The summed E-state index contributed by atoms with van der Waals surface area (Å²) in [5, 5.41) is 0. The molecule has 96 valence electrons. The zero-order valence-electron chi connectivity index (χ0n) is 11.0. The number of imide groups is 1. The highest BCUT2D eigenvalue weighted by Crippen LogP contribution is 2.33. The lowest BCUT2D eigenvalue weighted by Gasteiger charge is -2.10. The van der Waals surface area contributed by atoms with Crippen molar-refractivity contribution in [3.63, 3.8) is 0 Å². The number of hydrogen-bond acceptors (Lipinski definition) is 3. The van der Waals surface area contributed by atoms with E-state index in [2.05, 4.69) is 6.92 Å². The Kier molecular flexibility index (Phi) is 3.11. The van der Waals surface area contributed by atoms with Gasteiger partial charge in [-0.2, -0.15) is 0 Å². The van der Waals surface area contributed by atoms with E-state index in [1.54, 1.807) is 0 Å². The van der Waals surface area contributed by atoms with Crippen molar-refractivity contribution >= 4 is 17.5 Å². The third-order valence-electron chi connectivity index (χ3n) is 3.49. The largest absolute Gasteiger partial charge is 0.398 e. The summed E-state index contributed by atoms with van der Waals surface area (Å²) >= 11 is 0. The molecule has 0 saturated heterocycles. The van der Waals surface area contributed by atoms with Crippen molar-refractivity contribution in [3.05, 3.63) is 28.3 Å². The van der Waals surface area contributed by atoms with Crippen molar-refractivity contribution in [2.24, 2.45) is 0 Å². The van der Waals surface area contributed by atoms with Gasteiger partial charge in [0.05, 0.1) is 11.1 Å². The van der Waals surface area contributed by atoms with Gasteiger partial charge in [-0.25, -0.2) is 0 Å². The van der Waals surface area contributed by atoms with E-state index < -0.39 is 0 Å². The molecule has 2 N–H and O–H groups in total. The Morgan fingerprint density at radius 1 is 1.22 bits per heavy atom. The summed E-state index contributed by atoms with van der Waals surface area (Å²) in [4.78, 5) is 25.3. The molecule has 4 heteroatoms. The number of anilines is 1. The van der Waals surface area contributed by atoms with Crippen LogP contribution in [0, 0.1) is 6.92 Å². The average Bonchev–Trinajstić information content (AvgIpc) is 2.57. The highest BCUT2D eigenvalue weighted by molar-refractivity contribution is 6.24. The van der Waals surface area contributed by atoms with E-state index in [1.807, 2.05) is 13.0 Å². The lowest BCUT2D eigenvalue weighted by Crippen LogP contribution is -2.24. The van der Waals surface area contributed by atoms with E-state index in [1.165, 1.54) is 7.05 Å². The van der Waals surface area contributed by atoms with Crippen LogP contribution in [0.2, 0.25) is 0 Å². The summed E-state index contributed by atoms with van der Waals surface area (Å²) in [6.07, 6.45) is 2.87. The van der Waals surface area contributed by atoms with Crippen LogP contribution < -0.4 is 5.73 Å². The first-order valence-electron chi connectivity index (χ1n) is 6.23. The van der Waals surface area contributed by atoms with Crippen molar-refractivity contribution in [2.75, 3.05) is 12.8 Å². The van der Waals surface area contributed by atoms with Gasteiger partial charge in [-0.15, -0.1) is 0 Å². The molecule has 1 aromatic carbocycles. The smallest absolute Gasteiger partial charge is 0.263 e. The molecule has 0 aliphatic carbocycles. The molecule has 18 heavy (non-hydrogen) atoms. The molecule has 0 fully saturated rings. The third kappa shape index (κ3) is 1.68. The fraction of sp³-hybridized carbons (Fsp3) is 0.429. The van der Waals surface area contributed by atoms with Gasteiger partial charge in [-0.05, 0) is 30.9 Å². The molecule has 2 rings (SSSR count). The van der Waals surface area contributed by atoms with E-state index in [4.69, 9.17) is 5.73 Å². The Bertz CT molecular complexity index is 535. The molecule has 1 aliphatic rings. The van der Waals surface area contributed by atoms with Crippen LogP contribution in [0.15, 0.2) is 6.07 Å². The Balaban J connectivity index is 2.63. The quantitative estimate of drug-likeness (QED) is 0.656. The highest BCUT2D eigenvalue weighted by atomic mass is 16.2. The topological polar surface area (TPSA) is 63.4 Å². The van der Waals surface area contributed by atoms with Crippen LogP contribution in [0.1, 0.15) is 51.6 Å². The van der Waals surface area contributed by atoms with Crippen LogP contribution in [0.25, 0.3) is 0 Å². The molecule has 1 heterocycles. The number of carbonyl (C=O) groups is 2. The predicted octanol–water partition coefficient (Wildman–Crippen LogP) is 2.15. The number of benzene rings is 1. The van der Waals surface area contributed by atoms with Gasteiger partial charge in [0.15, 0.2) is 0 Å². The number of carbonyl (C=O) groups excluding carboxylic acids is 2. The summed E-state index contributed by atoms with van der Waals surface area (Å²) < 4.78 is 0. The molecule has 0 radical (unpaired) electrons. The summed E-state index contributed by atoms with van der Waals surface area (Å²) in [5.41, 5.74) is 9.11. The lowest BCUT2D eigenvalue weighted by atomic mass is 9.94. The van der Waals surface area contributed by atoms with Gasteiger partial charge in [0, 0.05) is 12.7 Å². The fourth-order valence-electron chi connectivity index (χ4n) is 2.36. The minimum atomic E-state index is -0.283. The van der Waals surface area contributed by atoms with Crippen LogP contribution >= 0.6 is 0 Å². The molecular formula is C14H18N2O2. The zero-order valence-corrected chi connectivity index (χ0v) is 11.0. The molecule has 0 spiro atoms. The SMILES string of the molecule is CCCCc1cc(C)c(N)c2c1C(=O)N(C)C2=O. The zero-order chi connectivity index (χ0) is 13.4. The average molecular weight is 246 g/mol. The van der Waals surface area contributed by atoms with Crippen LogP contribution in [-0.2, 0) is 6.42 Å². The van der Waals surface area contributed by atoms with Gasteiger partial charge in [-0.1, -0.05) is 19.4 Å². The van der Waals surface area contributed by atoms with Crippen molar-refractivity contribution in [2.45, 2.75) is 33.1 Å². The van der Waals surface area contributed by atoms with Crippen molar-refractivity contribution in [1.29, 1.82) is 0 Å². The summed E-state index contributed by atoms with van der Waals surface area (Å²) in [6.45, 7) is 3.98. The molecule has 2 amide bonds. The normalized spacial score (nSPS) is 14.3. The molecular weight excluding hydrogens is 228 g/mol. The standard InChI is InChI=1S/C14H18N2O2/c1-4-5-6-9-7-8(2)12(15)11-10(9)13(17)16(3)14(11)18/h7H,4-6,15H2,1-3H3. The highest BCUT2D eigenvalue weighted by Gasteiger charge is 2.37. The van der Waals surface area contributed by atoms with E-state index in [-0.39, 0.29) is 11.8 Å². The molecule has 0 unspecified atom stereocenters. The molecule has 0 atom stereocenters. The second-order valence-corrected chi connectivity index (χ2v) is 4.79. The molecule has 0 aromatic heterocycles. The number of nitrogen functional groups attached to an aromatic ring is 1. The van der Waals surface area contributed by atoms with Crippen molar-refractivity contribution in [1.82, 2.24) is 4.90 Å². The number of amides is 2. The molecule has 0 saturated carbocycles. The van der Waals surface area contributed by atoms with Gasteiger partial charge < -0.3 is 5.73 Å². The minimum Gasteiger partial charge on any atom is -0.398 e. The lowest BCUT2D eigenvalue weighted by molar-refractivity contribution is 0.0693. The minimum absolute atomic E-state index is 0.229. The summed E-state index contributed by atoms with van der Waals surface area (Å²) in [6, 6.07) is 1.94. The summed E-state index contributed by atoms with van der Waals surface area (Å²) in [5.74, 6) is -0.512. The number of aryl methyl sites for hydroxylation is 2. The molecule has 0 bridgehead atoms. The van der Waals surface area contributed by atoms with Gasteiger partial charge in [0.2, 0.25) is 0 Å². The number of nitrogens with zero attached hydrogens (tertiary/aromatic N) is 1. The van der Waals surface area contributed by atoms with E-state index in [0.29, 0.717) is 16.8 Å². The number of fused-ring (bicyclic) bond motifs is 1. The first-order valence-corrected chi connectivity index (χ1v) is 6.23.